The Kier molecular flexibility index (Phi) is 9.04. The van der Waals surface area contributed by atoms with Gasteiger partial charge < -0.3 is 19.6 Å². The summed E-state index contributed by atoms with van der Waals surface area (Å²) in [6.07, 6.45) is 8.25. The summed E-state index contributed by atoms with van der Waals surface area (Å²) >= 11 is 0. The van der Waals surface area contributed by atoms with Crippen molar-refractivity contribution >= 4 is 17.6 Å². The van der Waals surface area contributed by atoms with Crippen molar-refractivity contribution in [3.8, 4) is 22.4 Å². The van der Waals surface area contributed by atoms with E-state index in [1.807, 2.05) is 51.4 Å². The number of anilines is 2. The molecule has 0 aliphatic carbocycles. The molecule has 9 nitrogen and oxygen atoms in total. The molecule has 46 heavy (non-hydrogen) atoms. The highest BCUT2D eigenvalue weighted by Gasteiger charge is 2.31. The van der Waals surface area contributed by atoms with Crippen molar-refractivity contribution in [2.24, 2.45) is 5.41 Å². The Morgan fingerprint density at radius 1 is 1.00 bits per heavy atom. The van der Waals surface area contributed by atoms with Gasteiger partial charge in [0.1, 0.15) is 0 Å². The fourth-order valence-electron chi connectivity index (χ4n) is 6.60. The fourth-order valence-corrected chi connectivity index (χ4v) is 6.60. The van der Waals surface area contributed by atoms with Crippen molar-refractivity contribution in [3.63, 3.8) is 0 Å². The third kappa shape index (κ3) is 6.75. The summed E-state index contributed by atoms with van der Waals surface area (Å²) in [4.78, 5) is 36.2. The van der Waals surface area contributed by atoms with Crippen LogP contribution < -0.4 is 9.80 Å². The van der Waals surface area contributed by atoms with E-state index in [-0.39, 0.29) is 30.5 Å². The Bertz CT molecular complexity index is 1710. The zero-order chi connectivity index (χ0) is 32.4. The maximum Gasteiger partial charge on any atom is 0.310 e. The molecule has 1 saturated heterocycles. The lowest BCUT2D eigenvalue weighted by Gasteiger charge is -2.40. The Balaban J connectivity index is 1.36. The fraction of sp³-hybridized carbons (Fsp3) is 0.432. The zero-order valence-electron chi connectivity index (χ0n) is 27.6. The topological polar surface area (TPSA) is 105 Å². The third-order valence-corrected chi connectivity index (χ3v) is 9.21. The van der Waals surface area contributed by atoms with Crippen molar-refractivity contribution in [1.29, 1.82) is 0 Å². The van der Waals surface area contributed by atoms with E-state index in [0.29, 0.717) is 18.2 Å². The summed E-state index contributed by atoms with van der Waals surface area (Å²) in [5.41, 5.74) is 9.76. The van der Waals surface area contributed by atoms with Gasteiger partial charge in [0, 0.05) is 67.2 Å². The molecule has 2 aliphatic rings. The molecule has 0 atom stereocenters. The van der Waals surface area contributed by atoms with Gasteiger partial charge in [0.25, 0.3) is 0 Å². The molecule has 9 heteroatoms. The molecular weight excluding hydrogens is 576 g/mol. The second kappa shape index (κ2) is 13.2. The summed E-state index contributed by atoms with van der Waals surface area (Å²) in [5.74, 6) is 0.441. The number of aliphatic hydroxyl groups is 1. The summed E-state index contributed by atoms with van der Waals surface area (Å²) in [6.45, 7) is 13.4. The van der Waals surface area contributed by atoms with Crippen molar-refractivity contribution in [2.75, 3.05) is 29.4 Å². The average Bonchev–Trinajstić information content (AvgIpc) is 3.05. The molecule has 0 spiro atoms. The van der Waals surface area contributed by atoms with Crippen LogP contribution in [0.25, 0.3) is 22.4 Å². The normalized spacial score (nSPS) is 16.0. The predicted octanol–water partition coefficient (Wildman–Crippen LogP) is 6.08. The van der Waals surface area contributed by atoms with Crippen LogP contribution in [0.5, 0.6) is 0 Å². The monoisotopic (exact) mass is 620 g/mol. The first-order valence-corrected chi connectivity index (χ1v) is 16.3. The molecule has 2 aliphatic heterocycles. The van der Waals surface area contributed by atoms with Gasteiger partial charge in [-0.3, -0.25) is 14.8 Å². The summed E-state index contributed by atoms with van der Waals surface area (Å²) in [5, 5.41) is 10.6. The number of nitrogens with zero attached hydrogens (tertiary/aromatic N) is 6. The summed E-state index contributed by atoms with van der Waals surface area (Å²) in [6, 6.07) is 12.4. The number of ether oxygens (including phenoxy) is 1. The Morgan fingerprint density at radius 3 is 2.52 bits per heavy atom. The average molecular weight is 621 g/mol. The number of aliphatic hydroxyl groups excluding tert-OH is 1. The van der Waals surface area contributed by atoms with Crippen molar-refractivity contribution in [2.45, 2.75) is 79.6 Å². The largest absolute Gasteiger partial charge is 0.463 e. The van der Waals surface area contributed by atoms with E-state index in [2.05, 4.69) is 51.8 Å². The molecule has 0 amide bonds. The molecule has 0 saturated carbocycles. The van der Waals surface area contributed by atoms with E-state index in [0.717, 1.165) is 78.2 Å². The smallest absolute Gasteiger partial charge is 0.310 e. The number of carbonyl (C=O) groups is 1. The maximum absolute atomic E-state index is 13.0. The second-order valence-electron chi connectivity index (χ2n) is 13.5. The van der Waals surface area contributed by atoms with E-state index >= 15 is 0 Å². The number of fused-ring (bicyclic) bond motifs is 1. The maximum atomic E-state index is 13.0. The highest BCUT2D eigenvalue weighted by Crippen LogP contribution is 2.42. The first-order chi connectivity index (χ1) is 22.1. The number of carbonyl (C=O) groups excluding carboxylic acids is 1. The van der Waals surface area contributed by atoms with E-state index in [1.165, 1.54) is 11.1 Å². The molecule has 1 fully saturated rings. The molecule has 3 aromatic heterocycles. The zero-order valence-corrected chi connectivity index (χ0v) is 27.6. The van der Waals surface area contributed by atoms with E-state index in [4.69, 9.17) is 14.7 Å². The second-order valence-corrected chi connectivity index (χ2v) is 13.5. The Morgan fingerprint density at radius 2 is 1.80 bits per heavy atom. The van der Waals surface area contributed by atoms with E-state index in [1.54, 1.807) is 6.20 Å². The summed E-state index contributed by atoms with van der Waals surface area (Å²) in [7, 11) is 0. The SMILES string of the molecule is Cc1nc(CO)c(-c2ccc3c(c2)CCN(c2nccc(-c4cccnc4)n2)C3)c(N2CCC(C)(C)CC2)c1CC(=O)OC(C)C. The first-order valence-electron chi connectivity index (χ1n) is 16.3. The van der Waals surface area contributed by atoms with Crippen LogP contribution in [0.2, 0.25) is 0 Å². The van der Waals surface area contributed by atoms with Gasteiger partial charge in [-0.25, -0.2) is 9.97 Å². The molecule has 1 N–H and O–H groups in total. The van der Waals surface area contributed by atoms with Gasteiger partial charge >= 0.3 is 5.97 Å². The minimum absolute atomic E-state index is 0.142. The van der Waals surface area contributed by atoms with Crippen molar-refractivity contribution in [3.05, 3.63) is 83.1 Å². The van der Waals surface area contributed by atoms with Gasteiger partial charge in [-0.2, -0.15) is 0 Å². The Hall–Kier alpha value is -4.37. The van der Waals surface area contributed by atoms with Crippen LogP contribution in [0.1, 0.15) is 68.6 Å². The number of esters is 1. The molecule has 6 rings (SSSR count). The van der Waals surface area contributed by atoms with Gasteiger partial charge in [-0.15, -0.1) is 0 Å². The van der Waals surface area contributed by atoms with Gasteiger partial charge in [0.05, 0.1) is 36.2 Å². The number of piperidine rings is 1. The first kappa shape index (κ1) is 31.6. The van der Waals surface area contributed by atoms with Crippen LogP contribution in [0, 0.1) is 12.3 Å². The number of aromatic nitrogens is 4. The Labute approximate surface area is 271 Å². The standard InChI is InChI=1S/C37H44N6O3/c1-24(2)46-33(45)20-30-25(3)40-32(23-44)34(35(30)42-17-12-37(4,5)13-18-42)27-8-9-29-22-43(16-11-26(29)19-27)36-39-15-10-31(41-36)28-7-6-14-38-21-28/h6-10,14-15,19,21,24,44H,11-13,16-18,20,22-23H2,1-5H3. The van der Waals surface area contributed by atoms with Gasteiger partial charge in [0.15, 0.2) is 0 Å². The molecule has 5 heterocycles. The van der Waals surface area contributed by atoms with Crippen molar-refractivity contribution in [1.82, 2.24) is 19.9 Å². The quantitative estimate of drug-likeness (QED) is 0.235. The molecular formula is C37H44N6O3. The molecule has 4 aromatic rings. The van der Waals surface area contributed by atoms with Crippen LogP contribution >= 0.6 is 0 Å². The van der Waals surface area contributed by atoms with E-state index < -0.39 is 0 Å². The molecule has 240 valence electrons. The van der Waals surface area contributed by atoms with Crippen LogP contribution in [0.15, 0.2) is 55.0 Å². The number of pyridine rings is 2. The van der Waals surface area contributed by atoms with Crippen LogP contribution in [-0.2, 0) is 35.5 Å². The van der Waals surface area contributed by atoms with Gasteiger partial charge in [0.2, 0.25) is 5.95 Å². The van der Waals surface area contributed by atoms with Crippen LogP contribution in [-0.4, -0.2) is 56.7 Å². The highest BCUT2D eigenvalue weighted by molar-refractivity contribution is 5.87. The third-order valence-electron chi connectivity index (χ3n) is 9.21. The molecule has 0 unspecified atom stereocenters. The lowest BCUT2D eigenvalue weighted by Crippen LogP contribution is -2.38. The molecule has 0 radical (unpaired) electrons. The van der Waals surface area contributed by atoms with E-state index in [9.17, 15) is 9.90 Å². The number of aryl methyl sites for hydroxylation is 1. The summed E-state index contributed by atoms with van der Waals surface area (Å²) < 4.78 is 5.59. The number of hydrogen-bond donors (Lipinski definition) is 1. The number of hydrogen-bond acceptors (Lipinski definition) is 9. The highest BCUT2D eigenvalue weighted by atomic mass is 16.5. The van der Waals surface area contributed by atoms with Crippen LogP contribution in [0.4, 0.5) is 11.6 Å². The van der Waals surface area contributed by atoms with Crippen LogP contribution in [0.3, 0.4) is 0 Å². The lowest BCUT2D eigenvalue weighted by molar-refractivity contribution is -0.146. The number of benzene rings is 1. The van der Waals surface area contributed by atoms with Crippen molar-refractivity contribution < 1.29 is 14.6 Å². The van der Waals surface area contributed by atoms with Gasteiger partial charge in [-0.1, -0.05) is 32.0 Å². The molecule has 1 aromatic carbocycles. The predicted molar refractivity (Wildman–Crippen MR) is 181 cm³/mol. The van der Waals surface area contributed by atoms with Gasteiger partial charge in [-0.05, 0) is 80.3 Å². The minimum atomic E-state index is -0.262. The number of rotatable bonds is 8. The minimum Gasteiger partial charge on any atom is -0.463 e. The molecule has 0 bridgehead atoms. The lowest BCUT2D eigenvalue weighted by atomic mass is 9.81.